The average molecular weight is 409 g/mol. The normalized spacial score (nSPS) is 16.6. The van der Waals surface area contributed by atoms with Crippen molar-refractivity contribution in [3.8, 4) is 0 Å². The molecule has 2 N–H and O–H groups in total. The van der Waals surface area contributed by atoms with Crippen LogP contribution < -0.4 is 16.2 Å². The Labute approximate surface area is 175 Å². The number of nitrogens with two attached hydrogens (primary N) is 1. The highest BCUT2D eigenvalue weighted by Crippen LogP contribution is 2.21. The molecular formula is C20H27N9O. The van der Waals surface area contributed by atoms with Crippen molar-refractivity contribution in [2.75, 3.05) is 50.9 Å². The molecule has 1 unspecified atom stereocenters. The highest BCUT2D eigenvalue weighted by atomic mass is 16.1. The molecule has 4 rings (SSSR count). The first kappa shape index (κ1) is 20.2. The highest BCUT2D eigenvalue weighted by molar-refractivity contribution is 5.38. The topological polar surface area (TPSA) is 109 Å². The molecule has 10 nitrogen and oxygen atoms in total. The maximum absolute atomic E-state index is 12.3. The highest BCUT2D eigenvalue weighted by Gasteiger charge is 2.25. The SMILES string of the molecule is CC(c1nc(N)nc(N(C)C)n1)N1CCN(Cc2cc(=O)n3ccccc3n2)CC1. The summed E-state index contributed by atoms with van der Waals surface area (Å²) in [6.07, 6.45) is 1.74. The summed E-state index contributed by atoms with van der Waals surface area (Å²) in [6.45, 7) is 6.25. The molecule has 0 radical (unpaired) electrons. The minimum Gasteiger partial charge on any atom is -0.368 e. The van der Waals surface area contributed by atoms with Gasteiger partial charge < -0.3 is 10.6 Å². The van der Waals surface area contributed by atoms with E-state index in [0.29, 0.717) is 24.0 Å². The van der Waals surface area contributed by atoms with Crippen LogP contribution in [0.2, 0.25) is 0 Å². The van der Waals surface area contributed by atoms with Crippen LogP contribution in [0.1, 0.15) is 24.5 Å². The molecule has 0 bridgehead atoms. The summed E-state index contributed by atoms with van der Waals surface area (Å²) in [5.41, 5.74) is 7.30. The number of nitrogen functional groups attached to an aromatic ring is 1. The van der Waals surface area contributed by atoms with Crippen molar-refractivity contribution in [3.63, 3.8) is 0 Å². The number of hydrogen-bond donors (Lipinski definition) is 1. The summed E-state index contributed by atoms with van der Waals surface area (Å²) < 4.78 is 1.56. The van der Waals surface area contributed by atoms with Gasteiger partial charge in [0.2, 0.25) is 11.9 Å². The van der Waals surface area contributed by atoms with Crippen LogP contribution in [0.15, 0.2) is 35.3 Å². The van der Waals surface area contributed by atoms with Gasteiger partial charge in [0.25, 0.3) is 5.56 Å². The predicted molar refractivity (Wildman–Crippen MR) is 115 cm³/mol. The standard InChI is InChI=1S/C20H27N9O/c1-14(18-23-19(21)25-20(24-18)26(2)3)28-10-8-27(9-11-28)13-15-12-17(30)29-7-5-4-6-16(29)22-15/h4-7,12,14H,8-11,13H2,1-3H3,(H2,21,23,24,25). The second-order valence-corrected chi connectivity index (χ2v) is 7.75. The van der Waals surface area contributed by atoms with Crippen LogP contribution in [0.4, 0.5) is 11.9 Å². The second-order valence-electron chi connectivity index (χ2n) is 7.75. The van der Waals surface area contributed by atoms with E-state index in [2.05, 4.69) is 36.7 Å². The molecule has 0 saturated carbocycles. The van der Waals surface area contributed by atoms with Gasteiger partial charge in [0, 0.05) is 59.1 Å². The van der Waals surface area contributed by atoms with E-state index in [-0.39, 0.29) is 17.5 Å². The van der Waals surface area contributed by atoms with Gasteiger partial charge in [-0.25, -0.2) is 4.98 Å². The molecule has 0 spiro atoms. The molecule has 10 heteroatoms. The molecule has 30 heavy (non-hydrogen) atoms. The Kier molecular flexibility index (Phi) is 5.60. The molecule has 3 aromatic heterocycles. The van der Waals surface area contributed by atoms with Gasteiger partial charge in [-0.1, -0.05) is 6.07 Å². The van der Waals surface area contributed by atoms with E-state index in [1.165, 1.54) is 0 Å². The largest absolute Gasteiger partial charge is 0.368 e. The fraction of sp³-hybridized carbons (Fsp3) is 0.450. The molecule has 0 aromatic carbocycles. The fourth-order valence-corrected chi connectivity index (χ4v) is 3.67. The Balaban J connectivity index is 1.41. The molecule has 1 fully saturated rings. The second kappa shape index (κ2) is 8.33. The lowest BCUT2D eigenvalue weighted by Crippen LogP contribution is -2.47. The van der Waals surface area contributed by atoms with Gasteiger partial charge in [0.1, 0.15) is 5.65 Å². The zero-order valence-electron chi connectivity index (χ0n) is 17.6. The number of aromatic nitrogens is 5. The molecule has 1 aliphatic heterocycles. The first-order valence-electron chi connectivity index (χ1n) is 10.0. The van der Waals surface area contributed by atoms with Gasteiger partial charge in [-0.2, -0.15) is 15.0 Å². The zero-order valence-corrected chi connectivity index (χ0v) is 17.6. The van der Waals surface area contributed by atoms with Gasteiger partial charge in [-0.15, -0.1) is 0 Å². The Morgan fingerprint density at radius 2 is 1.87 bits per heavy atom. The Hall–Kier alpha value is -3.11. The van der Waals surface area contributed by atoms with E-state index in [9.17, 15) is 4.79 Å². The van der Waals surface area contributed by atoms with Crippen LogP contribution in [0, 0.1) is 0 Å². The minimum absolute atomic E-state index is 0.0413. The maximum Gasteiger partial charge on any atom is 0.258 e. The average Bonchev–Trinajstić information content (AvgIpc) is 2.73. The first-order valence-corrected chi connectivity index (χ1v) is 10.0. The molecule has 0 aliphatic carbocycles. The van der Waals surface area contributed by atoms with Crippen LogP contribution in [-0.2, 0) is 6.54 Å². The summed E-state index contributed by atoms with van der Waals surface area (Å²) >= 11 is 0. The van der Waals surface area contributed by atoms with Crippen LogP contribution in [0.3, 0.4) is 0 Å². The lowest BCUT2D eigenvalue weighted by Gasteiger charge is -2.37. The van der Waals surface area contributed by atoms with Gasteiger partial charge >= 0.3 is 0 Å². The number of hydrogen-bond acceptors (Lipinski definition) is 9. The molecule has 0 amide bonds. The maximum atomic E-state index is 12.3. The molecule has 4 heterocycles. The van der Waals surface area contributed by atoms with E-state index in [1.807, 2.05) is 37.2 Å². The fourth-order valence-electron chi connectivity index (χ4n) is 3.67. The molecule has 1 aliphatic rings. The predicted octanol–water partition coefficient (Wildman–Crippen LogP) is 0.407. The number of rotatable bonds is 5. The zero-order chi connectivity index (χ0) is 21.3. The van der Waals surface area contributed by atoms with Crippen LogP contribution in [-0.4, -0.2) is 74.4 Å². The van der Waals surface area contributed by atoms with E-state index in [1.54, 1.807) is 16.7 Å². The third-order valence-corrected chi connectivity index (χ3v) is 5.40. The number of piperazine rings is 1. The van der Waals surface area contributed by atoms with Crippen molar-refractivity contribution in [2.45, 2.75) is 19.5 Å². The molecule has 3 aromatic rings. The minimum atomic E-state index is -0.0491. The van der Waals surface area contributed by atoms with Crippen molar-refractivity contribution >= 4 is 17.5 Å². The third kappa shape index (κ3) is 4.24. The quantitative estimate of drug-likeness (QED) is 0.641. The van der Waals surface area contributed by atoms with E-state index < -0.39 is 0 Å². The van der Waals surface area contributed by atoms with Gasteiger partial charge in [-0.3, -0.25) is 19.0 Å². The number of fused-ring (bicyclic) bond motifs is 1. The van der Waals surface area contributed by atoms with Crippen molar-refractivity contribution in [3.05, 3.63) is 52.3 Å². The van der Waals surface area contributed by atoms with E-state index in [0.717, 1.165) is 31.9 Å². The third-order valence-electron chi connectivity index (χ3n) is 5.40. The molecular weight excluding hydrogens is 382 g/mol. The van der Waals surface area contributed by atoms with Crippen molar-refractivity contribution in [1.82, 2.24) is 34.1 Å². The summed E-state index contributed by atoms with van der Waals surface area (Å²) in [4.78, 5) is 36.5. The Morgan fingerprint density at radius 3 is 2.60 bits per heavy atom. The Morgan fingerprint density at radius 1 is 1.10 bits per heavy atom. The van der Waals surface area contributed by atoms with Crippen LogP contribution in [0.25, 0.3) is 5.65 Å². The summed E-state index contributed by atoms with van der Waals surface area (Å²) in [5.74, 6) is 1.49. The van der Waals surface area contributed by atoms with Crippen LogP contribution >= 0.6 is 0 Å². The lowest BCUT2D eigenvalue weighted by atomic mass is 10.2. The summed E-state index contributed by atoms with van der Waals surface area (Å²) in [5, 5.41) is 0. The van der Waals surface area contributed by atoms with Crippen molar-refractivity contribution < 1.29 is 0 Å². The number of pyridine rings is 1. The first-order chi connectivity index (χ1) is 14.4. The van der Waals surface area contributed by atoms with E-state index in [4.69, 9.17) is 5.73 Å². The van der Waals surface area contributed by atoms with Crippen molar-refractivity contribution in [1.29, 1.82) is 0 Å². The lowest BCUT2D eigenvalue weighted by molar-refractivity contribution is 0.0940. The Bertz CT molecular complexity index is 1090. The van der Waals surface area contributed by atoms with E-state index >= 15 is 0 Å². The van der Waals surface area contributed by atoms with Crippen molar-refractivity contribution in [2.24, 2.45) is 0 Å². The van der Waals surface area contributed by atoms with Gasteiger partial charge in [0.05, 0.1) is 11.7 Å². The van der Waals surface area contributed by atoms with Gasteiger partial charge in [0.15, 0.2) is 5.82 Å². The van der Waals surface area contributed by atoms with Gasteiger partial charge in [-0.05, 0) is 19.1 Å². The summed E-state index contributed by atoms with van der Waals surface area (Å²) in [7, 11) is 3.77. The smallest absolute Gasteiger partial charge is 0.258 e. The molecule has 1 atom stereocenters. The monoisotopic (exact) mass is 409 g/mol. The molecule has 1 saturated heterocycles. The number of nitrogens with zero attached hydrogens (tertiary/aromatic N) is 8. The molecule has 158 valence electrons. The number of anilines is 2. The summed E-state index contributed by atoms with van der Waals surface area (Å²) in [6, 6.07) is 7.24. The van der Waals surface area contributed by atoms with Crippen LogP contribution in [0.5, 0.6) is 0 Å².